The number of ether oxygens (including phenoxy) is 1. The van der Waals surface area contributed by atoms with Crippen molar-refractivity contribution >= 4 is 52.4 Å². The van der Waals surface area contributed by atoms with Crippen LogP contribution in [0.3, 0.4) is 0 Å². The van der Waals surface area contributed by atoms with Gasteiger partial charge < -0.3 is 30.3 Å². The van der Waals surface area contributed by atoms with Gasteiger partial charge in [-0.1, -0.05) is 0 Å². The largest absolute Gasteiger partial charge is 0.480 e. The molecule has 1 aromatic carbocycles. The molecule has 52 heavy (non-hydrogen) atoms. The van der Waals surface area contributed by atoms with E-state index in [1.807, 2.05) is 18.2 Å². The van der Waals surface area contributed by atoms with Gasteiger partial charge in [0.15, 0.2) is 0 Å². The Morgan fingerprint density at radius 2 is 1.69 bits per heavy atom. The van der Waals surface area contributed by atoms with Gasteiger partial charge in [0.25, 0.3) is 0 Å². The molecular formula is C36H49N7O9. The molecule has 4 heterocycles. The van der Waals surface area contributed by atoms with Gasteiger partial charge in [-0.25, -0.2) is 14.4 Å². The number of carbonyl (C=O) groups excluding carboxylic acids is 5. The second-order valence-electron chi connectivity index (χ2n) is 15.6. The molecule has 0 radical (unpaired) electrons. The second-order valence-corrected chi connectivity index (χ2v) is 15.6. The summed E-state index contributed by atoms with van der Waals surface area (Å²) in [5, 5.41) is 18.2. The van der Waals surface area contributed by atoms with Crippen LogP contribution in [0.1, 0.15) is 84.6 Å². The number of amides is 5. The highest BCUT2D eigenvalue weighted by Crippen LogP contribution is 2.34. The Labute approximate surface area is 301 Å². The van der Waals surface area contributed by atoms with E-state index >= 15 is 0 Å². The summed E-state index contributed by atoms with van der Waals surface area (Å²) in [6, 6.07) is 2.35. The van der Waals surface area contributed by atoms with E-state index in [2.05, 4.69) is 16.0 Å². The van der Waals surface area contributed by atoms with Crippen molar-refractivity contribution in [1.29, 1.82) is 0 Å². The summed E-state index contributed by atoms with van der Waals surface area (Å²) in [6.45, 7) is 6.06. The summed E-state index contributed by atoms with van der Waals surface area (Å²) in [4.78, 5) is 92.8. The van der Waals surface area contributed by atoms with Crippen LogP contribution < -0.4 is 21.6 Å². The van der Waals surface area contributed by atoms with Crippen LogP contribution in [0.25, 0.3) is 11.0 Å². The Morgan fingerprint density at radius 3 is 2.37 bits per heavy atom. The number of carbonyl (C=O) groups is 6. The molecule has 4 atom stereocenters. The molecule has 0 bridgehead atoms. The van der Waals surface area contributed by atoms with Crippen LogP contribution in [0.2, 0.25) is 0 Å². The third-order valence-corrected chi connectivity index (χ3v) is 10.9. The van der Waals surface area contributed by atoms with Crippen molar-refractivity contribution in [1.82, 2.24) is 29.6 Å². The fourth-order valence-corrected chi connectivity index (χ4v) is 8.21. The van der Waals surface area contributed by atoms with Gasteiger partial charge >= 0.3 is 17.8 Å². The molecule has 4 N–H and O–H groups in total. The number of rotatable bonds is 7. The van der Waals surface area contributed by atoms with Crippen LogP contribution in [0.15, 0.2) is 23.0 Å². The number of fused-ring (bicyclic) bond motifs is 2. The number of aromatic nitrogens is 2. The molecule has 6 rings (SSSR count). The van der Waals surface area contributed by atoms with E-state index in [0.717, 1.165) is 18.5 Å². The van der Waals surface area contributed by atoms with Crippen molar-refractivity contribution in [3.63, 3.8) is 0 Å². The van der Waals surface area contributed by atoms with Crippen molar-refractivity contribution in [2.45, 2.75) is 108 Å². The lowest BCUT2D eigenvalue weighted by molar-refractivity contribution is -0.152. The van der Waals surface area contributed by atoms with Gasteiger partial charge in [-0.15, -0.1) is 0 Å². The van der Waals surface area contributed by atoms with Crippen molar-refractivity contribution in [3.05, 3.63) is 28.7 Å². The van der Waals surface area contributed by atoms with E-state index in [-0.39, 0.29) is 48.9 Å². The third-order valence-electron chi connectivity index (χ3n) is 10.9. The molecule has 3 saturated heterocycles. The fourth-order valence-electron chi connectivity index (χ4n) is 8.21. The SMILES string of the molecule is Cn1c(=O)n(C2CCC(=O)NC2=O)c2ccc(NC[C@H]3CC[C@@H](C(=O)N4CC[C@H]5CC[C@@H](C(=O)O)N5C(=O)[C@@H](NC(=O)OC(C)(C)C)C4)CC3)cc21. The number of carboxylic acids is 1. The zero-order chi connectivity index (χ0) is 37.5. The van der Waals surface area contributed by atoms with E-state index in [9.17, 15) is 38.7 Å². The first kappa shape index (κ1) is 36.9. The number of imide groups is 1. The zero-order valence-electron chi connectivity index (χ0n) is 30.2. The lowest BCUT2D eigenvalue weighted by Crippen LogP contribution is -2.61. The first-order valence-corrected chi connectivity index (χ1v) is 18.2. The maximum Gasteiger partial charge on any atom is 0.408 e. The lowest BCUT2D eigenvalue weighted by Gasteiger charge is -2.40. The minimum atomic E-state index is -1.14. The van der Waals surface area contributed by atoms with Gasteiger partial charge in [-0.05, 0) is 96.3 Å². The quantitative estimate of drug-likeness (QED) is 0.307. The van der Waals surface area contributed by atoms with Gasteiger partial charge in [0.1, 0.15) is 23.7 Å². The second kappa shape index (κ2) is 14.6. The number of aliphatic carboxylic acids is 1. The maximum absolute atomic E-state index is 13.9. The van der Waals surface area contributed by atoms with Crippen molar-refractivity contribution in [3.8, 4) is 0 Å². The minimum Gasteiger partial charge on any atom is -0.480 e. The average Bonchev–Trinajstić information content (AvgIpc) is 3.61. The molecular weight excluding hydrogens is 674 g/mol. The number of carboxylic acid groups (broad SMARTS) is 1. The van der Waals surface area contributed by atoms with Crippen LogP contribution >= 0.6 is 0 Å². The molecule has 1 saturated carbocycles. The lowest BCUT2D eigenvalue weighted by atomic mass is 9.81. The van der Waals surface area contributed by atoms with E-state index in [4.69, 9.17) is 4.74 Å². The molecule has 2 aromatic rings. The van der Waals surface area contributed by atoms with Crippen molar-refractivity contribution in [2.75, 3.05) is 25.0 Å². The Kier molecular flexibility index (Phi) is 10.4. The molecule has 1 aromatic heterocycles. The number of nitrogens with one attached hydrogen (secondary N) is 3. The van der Waals surface area contributed by atoms with Crippen LogP contribution in [0.5, 0.6) is 0 Å². The molecule has 16 nitrogen and oxygen atoms in total. The van der Waals surface area contributed by atoms with Gasteiger partial charge in [-0.2, -0.15) is 0 Å². The van der Waals surface area contributed by atoms with E-state index in [1.165, 1.54) is 14.0 Å². The van der Waals surface area contributed by atoms with Gasteiger partial charge in [0.2, 0.25) is 23.6 Å². The average molecular weight is 724 g/mol. The first-order chi connectivity index (χ1) is 24.6. The number of nitrogens with zero attached hydrogens (tertiary/aromatic N) is 4. The highest BCUT2D eigenvalue weighted by atomic mass is 16.6. The predicted molar refractivity (Wildman–Crippen MR) is 188 cm³/mol. The number of imidazole rings is 1. The smallest absolute Gasteiger partial charge is 0.408 e. The Balaban J connectivity index is 1.07. The number of anilines is 1. The van der Waals surface area contributed by atoms with Crippen LogP contribution in [0, 0.1) is 11.8 Å². The zero-order valence-corrected chi connectivity index (χ0v) is 30.2. The Hall–Kier alpha value is -4.89. The van der Waals surface area contributed by atoms with Crippen LogP contribution in [0.4, 0.5) is 10.5 Å². The summed E-state index contributed by atoms with van der Waals surface area (Å²) >= 11 is 0. The van der Waals surface area contributed by atoms with Gasteiger partial charge in [0.05, 0.1) is 17.6 Å². The molecule has 4 aliphatic rings. The molecule has 5 amide bonds. The van der Waals surface area contributed by atoms with Gasteiger partial charge in [-0.3, -0.25) is 33.6 Å². The molecule has 4 fully saturated rings. The summed E-state index contributed by atoms with van der Waals surface area (Å²) in [6.07, 6.45) is 3.87. The minimum absolute atomic E-state index is 0.0653. The third kappa shape index (κ3) is 7.65. The first-order valence-electron chi connectivity index (χ1n) is 18.2. The highest BCUT2D eigenvalue weighted by molar-refractivity contribution is 6.00. The predicted octanol–water partition coefficient (Wildman–Crippen LogP) is 2.11. The fraction of sp³-hybridized carbons (Fsp3) is 0.639. The highest BCUT2D eigenvalue weighted by Gasteiger charge is 2.46. The normalized spacial score (nSPS) is 27.0. The number of benzene rings is 1. The molecule has 16 heteroatoms. The maximum atomic E-state index is 13.9. The molecule has 1 unspecified atom stereocenters. The molecule has 0 spiro atoms. The van der Waals surface area contributed by atoms with Crippen molar-refractivity contribution in [2.24, 2.45) is 18.9 Å². The Morgan fingerprint density at radius 1 is 0.962 bits per heavy atom. The summed E-state index contributed by atoms with van der Waals surface area (Å²) in [5.41, 5.74) is 0.960. The van der Waals surface area contributed by atoms with Gasteiger partial charge in [0, 0.05) is 44.2 Å². The number of hydrogen-bond donors (Lipinski definition) is 4. The van der Waals surface area contributed by atoms with E-state index in [1.54, 1.807) is 32.7 Å². The number of piperidine rings is 1. The standard InChI is InChI=1S/C36H49N7O9/c1-36(2,3)52-34(50)38-24-19-41(16-15-23-10-12-27(33(48)49)42(23)32(24)47)31(46)21-7-5-20(6-8-21)18-37-22-9-11-25-28(17-22)40(4)35(51)43(25)26-13-14-29(44)39-30(26)45/h9,11,17,20-21,23-24,26-27,37H,5-8,10,12-16,18-19H2,1-4H3,(H,38,50)(H,48,49)(H,39,44,45)/t20-,21+,23-,24+,26?,27+/m1/s1. The van der Waals surface area contributed by atoms with E-state index in [0.29, 0.717) is 62.1 Å². The van der Waals surface area contributed by atoms with E-state index < -0.39 is 47.6 Å². The summed E-state index contributed by atoms with van der Waals surface area (Å²) in [5.74, 6) is -2.42. The van der Waals surface area contributed by atoms with Crippen molar-refractivity contribution < 1.29 is 38.6 Å². The number of alkyl carbamates (subject to hydrolysis) is 1. The number of aryl methyl sites for hydroxylation is 1. The number of hydrogen-bond acceptors (Lipinski definition) is 9. The van der Waals surface area contributed by atoms with Crippen LogP contribution in [-0.4, -0.2) is 103 Å². The van der Waals surface area contributed by atoms with Crippen LogP contribution in [-0.2, 0) is 35.8 Å². The molecule has 1 aliphatic carbocycles. The summed E-state index contributed by atoms with van der Waals surface area (Å²) in [7, 11) is 1.66. The molecule has 3 aliphatic heterocycles. The summed E-state index contributed by atoms with van der Waals surface area (Å²) < 4.78 is 8.36. The Bertz CT molecular complexity index is 1820. The molecule has 282 valence electrons. The monoisotopic (exact) mass is 723 g/mol. The topological polar surface area (TPSA) is 201 Å².